The Morgan fingerprint density at radius 2 is 1.21 bits per heavy atom. The van der Waals surface area contributed by atoms with Crippen molar-refractivity contribution in [2.75, 3.05) is 7.11 Å². The van der Waals surface area contributed by atoms with Gasteiger partial charge in [-0.3, -0.25) is 0 Å². The van der Waals surface area contributed by atoms with Crippen molar-refractivity contribution in [3.05, 3.63) is 70.3 Å². The number of hydrogen-bond acceptors (Lipinski definition) is 1. The van der Waals surface area contributed by atoms with Gasteiger partial charge in [-0.1, -0.05) is 54.7 Å². The molecule has 0 aliphatic heterocycles. The molecular formula is C16H19LiOSi. The first kappa shape index (κ1) is 14.6. The first-order chi connectivity index (χ1) is 8.88. The molecule has 1 nitrogen and oxygen atoms in total. The molecule has 0 bridgehead atoms. The van der Waals surface area contributed by atoms with Gasteiger partial charge in [-0.05, 0) is 34.9 Å². The molecule has 0 amide bonds. The van der Waals surface area contributed by atoms with Crippen molar-refractivity contribution in [3.63, 3.8) is 0 Å². The zero-order valence-electron chi connectivity index (χ0n) is 12.7. The standard InChI is InChI=1S/C16H18OSi.Li.H/c1-17-18(14-8-2-3-9-14,15-10-4-5-11-15)16-12-6-7-13-16;;/h2-8,10,12H,9,11,13H2,1H3;;/q;+1;-1. The van der Waals surface area contributed by atoms with Crippen LogP contribution in [0.25, 0.3) is 0 Å². The fraction of sp³-hybridized carbons (Fsp3) is 0.250. The predicted molar refractivity (Wildman–Crippen MR) is 79.4 cm³/mol. The number of rotatable bonds is 4. The first-order valence-electron chi connectivity index (χ1n) is 6.51. The van der Waals surface area contributed by atoms with Crippen molar-refractivity contribution >= 4 is 8.32 Å². The van der Waals surface area contributed by atoms with Crippen LogP contribution in [0.1, 0.15) is 20.7 Å². The summed E-state index contributed by atoms with van der Waals surface area (Å²) >= 11 is 0. The first-order valence-corrected chi connectivity index (χ1v) is 8.42. The Morgan fingerprint density at radius 3 is 1.42 bits per heavy atom. The molecule has 3 aliphatic carbocycles. The van der Waals surface area contributed by atoms with Gasteiger partial charge in [0.05, 0.1) is 0 Å². The average Bonchev–Trinajstić information content (AvgIpc) is 3.16. The summed E-state index contributed by atoms with van der Waals surface area (Å²) in [6.07, 6.45) is 23.2. The Hall–Kier alpha value is -0.786. The minimum Gasteiger partial charge on any atom is -1.00 e. The van der Waals surface area contributed by atoms with Crippen LogP contribution < -0.4 is 18.9 Å². The molecule has 3 rings (SSSR count). The number of allylic oxidation sites excluding steroid dienone is 12. The quantitative estimate of drug-likeness (QED) is 0.686. The Balaban J connectivity index is 0.000001000. The summed E-state index contributed by atoms with van der Waals surface area (Å²) in [5.74, 6) is 0. The van der Waals surface area contributed by atoms with Gasteiger partial charge < -0.3 is 5.85 Å². The third-order valence-electron chi connectivity index (χ3n) is 3.98. The fourth-order valence-electron chi connectivity index (χ4n) is 3.14. The van der Waals surface area contributed by atoms with Crippen molar-refractivity contribution in [2.45, 2.75) is 19.3 Å². The molecule has 3 aliphatic rings. The van der Waals surface area contributed by atoms with E-state index in [4.69, 9.17) is 4.43 Å². The van der Waals surface area contributed by atoms with Crippen LogP contribution in [-0.2, 0) is 4.43 Å². The van der Waals surface area contributed by atoms with E-state index in [-0.39, 0.29) is 20.3 Å². The van der Waals surface area contributed by atoms with Gasteiger partial charge in [-0.2, -0.15) is 0 Å². The molecule has 0 N–H and O–H groups in total. The third-order valence-corrected chi connectivity index (χ3v) is 8.41. The molecule has 3 heteroatoms. The number of hydrogen-bond donors (Lipinski definition) is 0. The zero-order valence-corrected chi connectivity index (χ0v) is 12.7. The van der Waals surface area contributed by atoms with Crippen LogP contribution in [0.2, 0.25) is 0 Å². The van der Waals surface area contributed by atoms with Crippen LogP contribution >= 0.6 is 0 Å². The topological polar surface area (TPSA) is 9.23 Å². The van der Waals surface area contributed by atoms with Crippen molar-refractivity contribution in [1.29, 1.82) is 0 Å². The Labute approximate surface area is 129 Å². The molecule has 0 unspecified atom stereocenters. The molecule has 0 fully saturated rings. The molecule has 0 aromatic heterocycles. The van der Waals surface area contributed by atoms with Crippen LogP contribution in [0, 0.1) is 0 Å². The molecule has 94 valence electrons. The van der Waals surface area contributed by atoms with Crippen molar-refractivity contribution in [2.24, 2.45) is 0 Å². The molecule has 0 aromatic carbocycles. The van der Waals surface area contributed by atoms with Gasteiger partial charge in [0.2, 0.25) is 0 Å². The second-order valence-corrected chi connectivity index (χ2v) is 8.56. The molecule has 0 saturated heterocycles. The summed E-state index contributed by atoms with van der Waals surface area (Å²) < 4.78 is 6.20. The Morgan fingerprint density at radius 1 is 0.842 bits per heavy atom. The largest absolute Gasteiger partial charge is 1.00 e. The average molecular weight is 262 g/mol. The van der Waals surface area contributed by atoms with Crippen molar-refractivity contribution < 1.29 is 24.7 Å². The smallest absolute Gasteiger partial charge is 1.00 e. The van der Waals surface area contributed by atoms with Crippen molar-refractivity contribution in [3.8, 4) is 0 Å². The fourth-order valence-corrected chi connectivity index (χ4v) is 7.37. The van der Waals surface area contributed by atoms with E-state index < -0.39 is 8.32 Å². The van der Waals surface area contributed by atoms with Gasteiger partial charge in [0, 0.05) is 7.11 Å². The van der Waals surface area contributed by atoms with E-state index in [1.165, 1.54) is 15.6 Å². The van der Waals surface area contributed by atoms with E-state index in [1.807, 2.05) is 7.11 Å². The van der Waals surface area contributed by atoms with Gasteiger partial charge in [0.25, 0.3) is 8.32 Å². The van der Waals surface area contributed by atoms with Gasteiger partial charge >= 0.3 is 18.9 Å². The van der Waals surface area contributed by atoms with Crippen LogP contribution in [0.5, 0.6) is 0 Å². The maximum absolute atomic E-state index is 6.20. The van der Waals surface area contributed by atoms with E-state index in [0.717, 1.165) is 19.3 Å². The second-order valence-electron chi connectivity index (χ2n) is 4.86. The van der Waals surface area contributed by atoms with Crippen LogP contribution in [0.3, 0.4) is 0 Å². The van der Waals surface area contributed by atoms with Crippen LogP contribution in [0.4, 0.5) is 0 Å². The van der Waals surface area contributed by atoms with Crippen LogP contribution in [-0.4, -0.2) is 15.4 Å². The molecule has 0 saturated carbocycles. The summed E-state index contributed by atoms with van der Waals surface area (Å²) in [4.78, 5) is 0. The summed E-state index contributed by atoms with van der Waals surface area (Å²) in [7, 11) is -0.182. The minimum atomic E-state index is -2.07. The molecule has 0 spiro atoms. The Bertz CT molecular complexity index is 467. The minimum absolute atomic E-state index is 0. The summed E-state index contributed by atoms with van der Waals surface area (Å²) in [6.45, 7) is 0. The van der Waals surface area contributed by atoms with E-state index in [1.54, 1.807) is 0 Å². The monoisotopic (exact) mass is 262 g/mol. The third kappa shape index (κ3) is 2.35. The molecule has 0 atom stereocenters. The summed E-state index contributed by atoms with van der Waals surface area (Å²) in [6, 6.07) is 0. The van der Waals surface area contributed by atoms with Gasteiger partial charge in [0.15, 0.2) is 0 Å². The summed E-state index contributed by atoms with van der Waals surface area (Å²) in [5.41, 5.74) is 0. The molecule has 0 heterocycles. The van der Waals surface area contributed by atoms with Crippen molar-refractivity contribution in [1.82, 2.24) is 0 Å². The van der Waals surface area contributed by atoms with Gasteiger partial charge in [-0.25, -0.2) is 0 Å². The molecule has 0 radical (unpaired) electrons. The molecular weight excluding hydrogens is 243 g/mol. The molecule has 19 heavy (non-hydrogen) atoms. The maximum atomic E-state index is 6.20. The van der Waals surface area contributed by atoms with E-state index >= 15 is 0 Å². The molecule has 0 aromatic rings. The maximum Gasteiger partial charge on any atom is 1.00 e. The van der Waals surface area contributed by atoms with Gasteiger partial charge in [-0.15, -0.1) is 0 Å². The van der Waals surface area contributed by atoms with Crippen LogP contribution in [0.15, 0.2) is 70.3 Å². The predicted octanol–water partition coefficient (Wildman–Crippen LogP) is 0.971. The summed E-state index contributed by atoms with van der Waals surface area (Å²) in [5, 5.41) is 4.49. The van der Waals surface area contributed by atoms with E-state index in [0.29, 0.717) is 0 Å². The van der Waals surface area contributed by atoms with Gasteiger partial charge in [0.1, 0.15) is 0 Å². The zero-order chi connectivity index (χ0) is 12.4. The van der Waals surface area contributed by atoms with E-state index in [2.05, 4.69) is 54.7 Å². The normalized spacial score (nSPS) is 20.4. The van der Waals surface area contributed by atoms with E-state index in [9.17, 15) is 0 Å². The SMILES string of the molecule is CO[Si](C1=CC=CC1)(C1=CC=CC1)C1=CC=CC1.[H-].[Li+]. The Kier molecular flexibility index (Phi) is 4.70. The second kappa shape index (κ2) is 6.11.